The lowest BCUT2D eigenvalue weighted by Gasteiger charge is -2.41. The van der Waals surface area contributed by atoms with Gasteiger partial charge in [0.1, 0.15) is 5.75 Å². The lowest BCUT2D eigenvalue weighted by atomic mass is 9.95. The van der Waals surface area contributed by atoms with E-state index in [9.17, 15) is 0 Å². The molecule has 3 nitrogen and oxygen atoms in total. The number of nitrogens with zero attached hydrogens (tertiary/aromatic N) is 2. The summed E-state index contributed by atoms with van der Waals surface area (Å²) in [6.07, 6.45) is 5.39. The zero-order chi connectivity index (χ0) is 16.2. The number of hydrogen-bond donors (Lipinski definition) is 0. The maximum atomic E-state index is 5.51. The summed E-state index contributed by atoms with van der Waals surface area (Å²) < 4.78 is 6.64. The van der Waals surface area contributed by atoms with Gasteiger partial charge in [-0.3, -0.25) is 4.90 Å². The topological polar surface area (TPSA) is 15.7 Å². The largest absolute Gasteiger partial charge is 0.496 e. The maximum absolute atomic E-state index is 5.51. The van der Waals surface area contributed by atoms with Gasteiger partial charge < -0.3 is 9.64 Å². The first kappa shape index (κ1) is 17.2. The molecule has 0 aliphatic carbocycles. The number of rotatable bonds is 4. The molecular formula is C19H29BrN2O. The van der Waals surface area contributed by atoms with Gasteiger partial charge in [0.25, 0.3) is 0 Å². The van der Waals surface area contributed by atoms with E-state index in [1.54, 1.807) is 7.11 Å². The van der Waals surface area contributed by atoms with E-state index in [-0.39, 0.29) is 0 Å². The van der Waals surface area contributed by atoms with Crippen molar-refractivity contribution in [3.8, 4) is 5.75 Å². The number of likely N-dealkylation sites (tertiary alicyclic amines) is 2. The van der Waals surface area contributed by atoms with Crippen LogP contribution in [0.25, 0.3) is 0 Å². The van der Waals surface area contributed by atoms with E-state index in [4.69, 9.17) is 4.74 Å². The molecule has 4 heteroatoms. The van der Waals surface area contributed by atoms with Crippen molar-refractivity contribution in [1.29, 1.82) is 0 Å². The molecule has 128 valence electrons. The molecule has 2 aliphatic heterocycles. The molecule has 2 fully saturated rings. The van der Waals surface area contributed by atoms with Gasteiger partial charge in [-0.1, -0.05) is 22.9 Å². The van der Waals surface area contributed by atoms with Gasteiger partial charge in [0.15, 0.2) is 0 Å². The van der Waals surface area contributed by atoms with Gasteiger partial charge in [0.2, 0.25) is 0 Å². The summed E-state index contributed by atoms with van der Waals surface area (Å²) in [7, 11) is 1.76. The Hall–Kier alpha value is -0.580. The van der Waals surface area contributed by atoms with Gasteiger partial charge >= 0.3 is 0 Å². The van der Waals surface area contributed by atoms with Crippen molar-refractivity contribution in [2.24, 2.45) is 5.92 Å². The Bertz CT molecular complexity index is 506. The Morgan fingerprint density at radius 2 is 1.78 bits per heavy atom. The molecule has 0 saturated carbocycles. The summed E-state index contributed by atoms with van der Waals surface area (Å²) in [5, 5.41) is 0. The van der Waals surface area contributed by atoms with Crippen molar-refractivity contribution < 1.29 is 4.74 Å². The van der Waals surface area contributed by atoms with Crippen LogP contribution in [0.3, 0.4) is 0 Å². The summed E-state index contributed by atoms with van der Waals surface area (Å²) >= 11 is 3.58. The minimum atomic E-state index is 0.808. The molecule has 2 saturated heterocycles. The van der Waals surface area contributed by atoms with Crippen molar-refractivity contribution in [3.05, 3.63) is 28.2 Å². The number of halogens is 1. The first-order valence-corrected chi connectivity index (χ1v) is 9.74. The highest BCUT2D eigenvalue weighted by Gasteiger charge is 2.27. The van der Waals surface area contributed by atoms with Crippen LogP contribution >= 0.6 is 15.9 Å². The molecule has 2 heterocycles. The van der Waals surface area contributed by atoms with Crippen LogP contribution in [0.1, 0.15) is 38.2 Å². The van der Waals surface area contributed by atoms with Crippen molar-refractivity contribution >= 4 is 15.9 Å². The molecule has 0 N–H and O–H groups in total. The predicted molar refractivity (Wildman–Crippen MR) is 99.0 cm³/mol. The van der Waals surface area contributed by atoms with Crippen molar-refractivity contribution in [1.82, 2.24) is 9.80 Å². The fourth-order valence-electron chi connectivity index (χ4n) is 3.95. The summed E-state index contributed by atoms with van der Waals surface area (Å²) in [4.78, 5) is 5.32. The number of benzene rings is 1. The molecule has 0 amide bonds. The van der Waals surface area contributed by atoms with Crippen molar-refractivity contribution in [2.45, 2.75) is 45.2 Å². The maximum Gasteiger partial charge on any atom is 0.123 e. The van der Waals surface area contributed by atoms with Crippen molar-refractivity contribution in [3.63, 3.8) is 0 Å². The highest BCUT2D eigenvalue weighted by molar-refractivity contribution is 9.10. The molecule has 0 bridgehead atoms. The van der Waals surface area contributed by atoms with E-state index in [0.717, 1.165) is 28.7 Å². The average Bonchev–Trinajstić information content (AvgIpc) is 2.57. The number of hydrogen-bond acceptors (Lipinski definition) is 3. The zero-order valence-corrected chi connectivity index (χ0v) is 16.0. The molecule has 3 rings (SSSR count). The molecule has 0 unspecified atom stereocenters. The third-order valence-corrected chi connectivity index (χ3v) is 6.02. The highest BCUT2D eigenvalue weighted by Crippen LogP contribution is 2.27. The second-order valence-corrected chi connectivity index (χ2v) is 8.10. The quantitative estimate of drug-likeness (QED) is 0.779. The van der Waals surface area contributed by atoms with E-state index in [1.807, 2.05) is 6.07 Å². The van der Waals surface area contributed by atoms with Crippen LogP contribution < -0.4 is 4.74 Å². The van der Waals surface area contributed by atoms with Crippen LogP contribution in [0, 0.1) is 5.92 Å². The van der Waals surface area contributed by atoms with Crippen LogP contribution in [0.15, 0.2) is 22.7 Å². The number of ether oxygens (including phenoxy) is 1. The summed E-state index contributed by atoms with van der Waals surface area (Å²) in [5.74, 6) is 1.93. The summed E-state index contributed by atoms with van der Waals surface area (Å²) in [6, 6.07) is 7.10. The van der Waals surface area contributed by atoms with Crippen LogP contribution in [0.4, 0.5) is 0 Å². The van der Waals surface area contributed by atoms with E-state index in [0.29, 0.717) is 0 Å². The molecule has 1 aromatic carbocycles. The van der Waals surface area contributed by atoms with Crippen LogP contribution in [-0.2, 0) is 6.54 Å². The number of methoxy groups -OCH3 is 1. The molecular weight excluding hydrogens is 352 g/mol. The molecule has 0 radical (unpaired) electrons. The van der Waals surface area contributed by atoms with Gasteiger partial charge in [-0.05, 0) is 76.0 Å². The lowest BCUT2D eigenvalue weighted by Crippen LogP contribution is -2.47. The molecule has 1 aromatic rings. The van der Waals surface area contributed by atoms with Crippen LogP contribution in [-0.4, -0.2) is 49.1 Å². The molecule has 0 spiro atoms. The van der Waals surface area contributed by atoms with Gasteiger partial charge in [0, 0.05) is 22.6 Å². The summed E-state index contributed by atoms with van der Waals surface area (Å²) in [5.41, 5.74) is 1.28. The van der Waals surface area contributed by atoms with Gasteiger partial charge in [-0.15, -0.1) is 0 Å². The fraction of sp³-hybridized carbons (Fsp3) is 0.684. The Balaban J connectivity index is 1.52. The van der Waals surface area contributed by atoms with Crippen molar-refractivity contribution in [2.75, 3.05) is 33.3 Å². The standard InChI is InChI=1S/C19H29BrN2O/c1-15-5-11-22(12-6-15)18-7-9-21(10-8-18)14-16-13-17(20)3-4-19(16)23-2/h3-4,13,15,18H,5-12,14H2,1-2H3. The zero-order valence-electron chi connectivity index (χ0n) is 14.4. The van der Waals surface area contributed by atoms with E-state index in [1.165, 1.54) is 57.4 Å². The minimum absolute atomic E-state index is 0.808. The first-order valence-electron chi connectivity index (χ1n) is 8.94. The monoisotopic (exact) mass is 380 g/mol. The van der Waals surface area contributed by atoms with Crippen LogP contribution in [0.2, 0.25) is 0 Å². The van der Waals surface area contributed by atoms with E-state index >= 15 is 0 Å². The smallest absolute Gasteiger partial charge is 0.123 e. The third-order valence-electron chi connectivity index (χ3n) is 5.53. The normalized spacial score (nSPS) is 22.4. The molecule has 0 atom stereocenters. The predicted octanol–water partition coefficient (Wildman–Crippen LogP) is 4.15. The number of piperidine rings is 2. The van der Waals surface area contributed by atoms with Gasteiger partial charge in [-0.2, -0.15) is 0 Å². The lowest BCUT2D eigenvalue weighted by molar-refractivity contribution is 0.0776. The van der Waals surface area contributed by atoms with Gasteiger partial charge in [-0.25, -0.2) is 0 Å². The molecule has 23 heavy (non-hydrogen) atoms. The average molecular weight is 381 g/mol. The molecule has 0 aromatic heterocycles. The van der Waals surface area contributed by atoms with E-state index < -0.39 is 0 Å². The van der Waals surface area contributed by atoms with Crippen LogP contribution in [0.5, 0.6) is 5.75 Å². The van der Waals surface area contributed by atoms with E-state index in [2.05, 4.69) is 44.8 Å². The second-order valence-electron chi connectivity index (χ2n) is 7.18. The fourth-order valence-corrected chi connectivity index (χ4v) is 4.36. The van der Waals surface area contributed by atoms with Gasteiger partial charge in [0.05, 0.1) is 7.11 Å². The first-order chi connectivity index (χ1) is 11.2. The Kier molecular flexibility index (Phi) is 6.00. The molecule has 2 aliphatic rings. The second kappa shape index (κ2) is 8.00. The minimum Gasteiger partial charge on any atom is -0.496 e. The Labute approximate surface area is 149 Å². The Morgan fingerprint density at radius 1 is 1.09 bits per heavy atom. The Morgan fingerprint density at radius 3 is 2.43 bits per heavy atom. The SMILES string of the molecule is COc1ccc(Br)cc1CN1CCC(N2CCC(C)CC2)CC1. The highest BCUT2D eigenvalue weighted by atomic mass is 79.9. The summed E-state index contributed by atoms with van der Waals surface area (Å²) in [6.45, 7) is 8.41. The third kappa shape index (κ3) is 4.49.